The van der Waals surface area contributed by atoms with Gasteiger partial charge < -0.3 is 15.2 Å². The first-order chi connectivity index (χ1) is 16.0. The summed E-state index contributed by atoms with van der Waals surface area (Å²) >= 11 is 0. The lowest BCUT2D eigenvalue weighted by Gasteiger charge is -2.12. The Hall–Kier alpha value is -4.45. The molecule has 6 heteroatoms. The number of carboxylic acid groups (broad SMARTS) is 1. The number of carbonyl (C=O) groups excluding carboxylic acids is 1. The Kier molecular flexibility index (Phi) is 6.45. The molecule has 164 valence electrons. The number of carbonyl (C=O) groups is 2. The molecular weight excluding hydrogens is 416 g/mol. The molecule has 1 amide bonds. The van der Waals surface area contributed by atoms with Crippen LogP contribution < -0.4 is 10.1 Å². The smallest absolute Gasteiger partial charge is 0.337 e. The Balaban J connectivity index is 1.66. The van der Waals surface area contributed by atoms with E-state index in [9.17, 15) is 14.7 Å². The number of nitrogens with zero attached hydrogens (tertiary/aromatic N) is 1. The van der Waals surface area contributed by atoms with Crippen LogP contribution in [0.3, 0.4) is 0 Å². The molecule has 0 radical (unpaired) electrons. The fourth-order valence-corrected chi connectivity index (χ4v) is 3.49. The summed E-state index contributed by atoms with van der Waals surface area (Å²) in [5.41, 5.74) is 3.87. The lowest BCUT2D eigenvalue weighted by Crippen LogP contribution is -2.15. The molecule has 0 saturated heterocycles. The molecule has 0 fully saturated rings. The number of hydrogen-bond donors (Lipinski definition) is 2. The molecule has 2 N–H and O–H groups in total. The summed E-state index contributed by atoms with van der Waals surface area (Å²) in [6, 6.07) is 23.7. The number of carboxylic acids is 1. The third-order valence-corrected chi connectivity index (χ3v) is 5.08. The number of rotatable bonds is 7. The Labute approximate surface area is 191 Å². The molecule has 0 atom stereocenters. The van der Waals surface area contributed by atoms with Gasteiger partial charge >= 0.3 is 5.97 Å². The van der Waals surface area contributed by atoms with E-state index in [1.165, 1.54) is 12.3 Å². The van der Waals surface area contributed by atoms with E-state index in [-0.39, 0.29) is 11.3 Å². The molecule has 0 unspecified atom stereocenters. The van der Waals surface area contributed by atoms with Gasteiger partial charge in [-0.25, -0.2) is 4.79 Å². The second kappa shape index (κ2) is 9.78. The van der Waals surface area contributed by atoms with Crippen molar-refractivity contribution in [3.05, 3.63) is 102 Å². The standard InChI is InChI=1S/C27H22N2O4/c1-2-33-23-10-6-9-19(14-23)20-11-12-24(27(31)32)25(15-20)29-26(30)22-13-21(16-28-17-22)18-7-4-3-5-8-18/h3-17H,2H2,1H3,(H,29,30)(H,31,32). The van der Waals surface area contributed by atoms with Gasteiger partial charge in [-0.2, -0.15) is 0 Å². The van der Waals surface area contributed by atoms with Gasteiger partial charge in [-0.15, -0.1) is 0 Å². The number of amides is 1. The van der Waals surface area contributed by atoms with Crippen molar-refractivity contribution < 1.29 is 19.4 Å². The van der Waals surface area contributed by atoms with Gasteiger partial charge in [0.2, 0.25) is 0 Å². The SMILES string of the molecule is CCOc1cccc(-c2ccc(C(=O)O)c(NC(=O)c3cncc(-c4ccccc4)c3)c2)c1. The normalized spacial score (nSPS) is 10.5. The van der Waals surface area contributed by atoms with Crippen LogP contribution in [0.1, 0.15) is 27.6 Å². The van der Waals surface area contributed by atoms with Gasteiger partial charge in [0.15, 0.2) is 0 Å². The van der Waals surface area contributed by atoms with Crippen molar-refractivity contribution in [2.24, 2.45) is 0 Å². The minimum absolute atomic E-state index is 0.000218. The van der Waals surface area contributed by atoms with E-state index in [0.717, 1.165) is 22.3 Å². The van der Waals surface area contributed by atoms with Crippen molar-refractivity contribution in [2.45, 2.75) is 6.92 Å². The number of benzene rings is 3. The van der Waals surface area contributed by atoms with E-state index in [1.54, 1.807) is 24.4 Å². The fraction of sp³-hybridized carbons (Fsp3) is 0.0741. The van der Waals surface area contributed by atoms with E-state index in [0.29, 0.717) is 17.9 Å². The van der Waals surface area contributed by atoms with E-state index < -0.39 is 11.9 Å². The van der Waals surface area contributed by atoms with E-state index in [4.69, 9.17) is 4.74 Å². The number of pyridine rings is 1. The first kappa shape index (κ1) is 21.8. The average Bonchev–Trinajstić information content (AvgIpc) is 2.85. The lowest BCUT2D eigenvalue weighted by atomic mass is 10.0. The molecule has 0 aliphatic rings. The van der Waals surface area contributed by atoms with Crippen molar-refractivity contribution in [3.8, 4) is 28.0 Å². The molecule has 1 heterocycles. The predicted octanol–water partition coefficient (Wildman–Crippen LogP) is 5.76. The van der Waals surface area contributed by atoms with Gasteiger partial charge in [-0.3, -0.25) is 9.78 Å². The summed E-state index contributed by atoms with van der Waals surface area (Å²) in [4.78, 5) is 29.0. The molecule has 0 spiro atoms. The van der Waals surface area contributed by atoms with Crippen LogP contribution in [0.2, 0.25) is 0 Å². The molecule has 4 aromatic rings. The molecule has 0 aliphatic carbocycles. The van der Waals surface area contributed by atoms with Crippen LogP contribution in [-0.2, 0) is 0 Å². The zero-order valence-corrected chi connectivity index (χ0v) is 18.0. The lowest BCUT2D eigenvalue weighted by molar-refractivity contribution is 0.0698. The summed E-state index contributed by atoms with van der Waals surface area (Å²) in [7, 11) is 0. The van der Waals surface area contributed by atoms with Crippen molar-refractivity contribution in [3.63, 3.8) is 0 Å². The number of ether oxygens (including phenoxy) is 1. The van der Waals surface area contributed by atoms with Gasteiger partial charge in [-0.1, -0.05) is 48.5 Å². The summed E-state index contributed by atoms with van der Waals surface area (Å²) in [6.07, 6.45) is 3.14. The molecule has 6 nitrogen and oxygen atoms in total. The van der Waals surface area contributed by atoms with Gasteiger partial charge in [0, 0.05) is 18.0 Å². The van der Waals surface area contributed by atoms with Crippen LogP contribution >= 0.6 is 0 Å². The quantitative estimate of drug-likeness (QED) is 0.383. The van der Waals surface area contributed by atoms with E-state index in [1.807, 2.05) is 61.5 Å². The topological polar surface area (TPSA) is 88.5 Å². The Morgan fingerprint density at radius 3 is 2.36 bits per heavy atom. The maximum Gasteiger partial charge on any atom is 0.337 e. The predicted molar refractivity (Wildman–Crippen MR) is 128 cm³/mol. The maximum absolute atomic E-state index is 13.0. The third-order valence-electron chi connectivity index (χ3n) is 5.08. The zero-order valence-electron chi connectivity index (χ0n) is 18.0. The average molecular weight is 438 g/mol. The highest BCUT2D eigenvalue weighted by molar-refractivity contribution is 6.08. The van der Waals surface area contributed by atoms with Crippen LogP contribution in [0, 0.1) is 0 Å². The summed E-state index contributed by atoms with van der Waals surface area (Å²) < 4.78 is 5.56. The highest BCUT2D eigenvalue weighted by Crippen LogP contribution is 2.29. The monoisotopic (exact) mass is 438 g/mol. The van der Waals surface area contributed by atoms with Crippen LogP contribution in [0.5, 0.6) is 5.75 Å². The van der Waals surface area contributed by atoms with Crippen LogP contribution in [0.4, 0.5) is 5.69 Å². The van der Waals surface area contributed by atoms with Crippen LogP contribution in [0.25, 0.3) is 22.3 Å². The molecule has 0 aliphatic heterocycles. The second-order valence-corrected chi connectivity index (χ2v) is 7.31. The Bertz CT molecular complexity index is 1300. The first-order valence-corrected chi connectivity index (χ1v) is 10.5. The number of aromatic carboxylic acids is 1. The number of aromatic nitrogens is 1. The molecule has 1 aromatic heterocycles. The summed E-state index contributed by atoms with van der Waals surface area (Å²) in [5.74, 6) is -0.856. The molecule has 33 heavy (non-hydrogen) atoms. The minimum Gasteiger partial charge on any atom is -0.494 e. The Morgan fingerprint density at radius 2 is 1.61 bits per heavy atom. The molecule has 4 rings (SSSR count). The second-order valence-electron chi connectivity index (χ2n) is 7.31. The highest BCUT2D eigenvalue weighted by atomic mass is 16.5. The van der Waals surface area contributed by atoms with Gasteiger partial charge in [0.25, 0.3) is 5.91 Å². The fourth-order valence-electron chi connectivity index (χ4n) is 3.49. The molecule has 0 saturated carbocycles. The summed E-state index contributed by atoms with van der Waals surface area (Å²) in [6.45, 7) is 2.45. The number of hydrogen-bond acceptors (Lipinski definition) is 4. The van der Waals surface area contributed by atoms with Gasteiger partial charge in [-0.05, 0) is 53.9 Å². The highest BCUT2D eigenvalue weighted by Gasteiger charge is 2.16. The number of anilines is 1. The van der Waals surface area contributed by atoms with Crippen LogP contribution in [-0.4, -0.2) is 28.6 Å². The zero-order chi connectivity index (χ0) is 23.2. The van der Waals surface area contributed by atoms with Crippen molar-refractivity contribution in [1.82, 2.24) is 4.98 Å². The van der Waals surface area contributed by atoms with E-state index in [2.05, 4.69) is 10.3 Å². The van der Waals surface area contributed by atoms with E-state index >= 15 is 0 Å². The van der Waals surface area contributed by atoms with Crippen molar-refractivity contribution >= 4 is 17.6 Å². The first-order valence-electron chi connectivity index (χ1n) is 10.5. The largest absolute Gasteiger partial charge is 0.494 e. The number of nitrogens with one attached hydrogen (secondary N) is 1. The molecule has 0 bridgehead atoms. The molecular formula is C27H22N2O4. The van der Waals surface area contributed by atoms with Gasteiger partial charge in [0.1, 0.15) is 5.75 Å². The summed E-state index contributed by atoms with van der Waals surface area (Å²) in [5, 5.41) is 12.4. The van der Waals surface area contributed by atoms with Gasteiger partial charge in [0.05, 0.1) is 23.4 Å². The molecule has 3 aromatic carbocycles. The van der Waals surface area contributed by atoms with Crippen molar-refractivity contribution in [2.75, 3.05) is 11.9 Å². The maximum atomic E-state index is 13.0. The van der Waals surface area contributed by atoms with Crippen molar-refractivity contribution in [1.29, 1.82) is 0 Å². The minimum atomic E-state index is -1.13. The third kappa shape index (κ3) is 5.07. The Morgan fingerprint density at radius 1 is 0.848 bits per heavy atom. The van der Waals surface area contributed by atoms with Crippen LogP contribution in [0.15, 0.2) is 91.3 Å².